The van der Waals surface area contributed by atoms with Gasteiger partial charge >= 0.3 is 12.0 Å². The fourth-order valence-corrected chi connectivity index (χ4v) is 1.64. The lowest BCUT2D eigenvalue weighted by molar-refractivity contribution is -0.384. The van der Waals surface area contributed by atoms with Crippen LogP contribution in [0.5, 0.6) is 5.75 Å². The zero-order valence-corrected chi connectivity index (χ0v) is 10.3. The Hall–Kier alpha value is -2.84. The van der Waals surface area contributed by atoms with Crippen LogP contribution >= 0.6 is 0 Å². The number of pyridine rings is 1. The first kappa shape index (κ1) is 14.6. The molecule has 0 unspecified atom stereocenters. The third kappa shape index (κ3) is 3.59. The molecule has 110 valence electrons. The Morgan fingerprint density at radius 1 is 1.24 bits per heavy atom. The minimum Gasteiger partial charge on any atom is -0.406 e. The lowest BCUT2D eigenvalue weighted by Gasteiger charge is -2.10. The van der Waals surface area contributed by atoms with Crippen LogP contribution in [0.4, 0.5) is 24.7 Å². The summed E-state index contributed by atoms with van der Waals surface area (Å²) in [4.78, 5) is 13.7. The zero-order valence-electron chi connectivity index (χ0n) is 10.3. The van der Waals surface area contributed by atoms with E-state index in [2.05, 4.69) is 9.72 Å². The number of nitrogens with zero attached hydrogens (tertiary/aromatic N) is 2. The smallest absolute Gasteiger partial charge is 0.406 e. The maximum Gasteiger partial charge on any atom is 0.573 e. The van der Waals surface area contributed by atoms with Crippen molar-refractivity contribution in [2.45, 2.75) is 6.36 Å². The lowest BCUT2D eigenvalue weighted by Crippen LogP contribution is -2.17. The van der Waals surface area contributed by atoms with Gasteiger partial charge in [-0.2, -0.15) is 0 Å². The van der Waals surface area contributed by atoms with Crippen molar-refractivity contribution in [3.05, 3.63) is 46.5 Å². The predicted octanol–water partition coefficient (Wildman–Crippen LogP) is 3.14. The molecule has 21 heavy (non-hydrogen) atoms. The second kappa shape index (κ2) is 5.27. The minimum atomic E-state index is -4.81. The molecule has 0 atom stereocenters. The molecule has 0 spiro atoms. The summed E-state index contributed by atoms with van der Waals surface area (Å²) in [7, 11) is 0. The molecular formula is C12H8F3N3O3. The van der Waals surface area contributed by atoms with Crippen LogP contribution in [0.2, 0.25) is 0 Å². The number of alkyl halides is 3. The van der Waals surface area contributed by atoms with Crippen molar-refractivity contribution in [3.63, 3.8) is 0 Å². The zero-order chi connectivity index (χ0) is 15.6. The fourth-order valence-electron chi connectivity index (χ4n) is 1.64. The van der Waals surface area contributed by atoms with E-state index in [1.807, 2.05) is 0 Å². The number of anilines is 1. The second-order valence-corrected chi connectivity index (χ2v) is 3.93. The largest absolute Gasteiger partial charge is 0.573 e. The molecule has 0 fully saturated rings. The first-order valence-corrected chi connectivity index (χ1v) is 5.53. The SMILES string of the molecule is Nc1nc(-c2cccc(OC(F)(F)F)c2)ccc1[N+](=O)[O-]. The van der Waals surface area contributed by atoms with Crippen molar-refractivity contribution in [2.75, 3.05) is 5.73 Å². The monoisotopic (exact) mass is 299 g/mol. The highest BCUT2D eigenvalue weighted by atomic mass is 19.4. The maximum atomic E-state index is 12.1. The van der Waals surface area contributed by atoms with Crippen LogP contribution in [-0.2, 0) is 0 Å². The summed E-state index contributed by atoms with van der Waals surface area (Å²) in [5.74, 6) is -0.738. The normalized spacial score (nSPS) is 11.2. The molecule has 1 aromatic heterocycles. The summed E-state index contributed by atoms with van der Waals surface area (Å²) >= 11 is 0. The van der Waals surface area contributed by atoms with Gasteiger partial charge < -0.3 is 10.5 Å². The van der Waals surface area contributed by atoms with Gasteiger partial charge in [0, 0.05) is 11.6 Å². The van der Waals surface area contributed by atoms with Gasteiger partial charge in [-0.1, -0.05) is 12.1 Å². The van der Waals surface area contributed by atoms with Gasteiger partial charge in [0.05, 0.1) is 10.6 Å². The number of hydrogen-bond acceptors (Lipinski definition) is 5. The van der Waals surface area contributed by atoms with Crippen molar-refractivity contribution in [1.82, 2.24) is 4.98 Å². The van der Waals surface area contributed by atoms with Crippen LogP contribution < -0.4 is 10.5 Å². The first-order valence-electron chi connectivity index (χ1n) is 5.53. The molecule has 2 N–H and O–H groups in total. The highest BCUT2D eigenvalue weighted by molar-refractivity contribution is 5.66. The number of benzene rings is 1. The molecule has 1 aromatic carbocycles. The Kier molecular flexibility index (Phi) is 3.66. The van der Waals surface area contributed by atoms with E-state index in [1.165, 1.54) is 18.2 Å². The number of ether oxygens (including phenoxy) is 1. The summed E-state index contributed by atoms with van der Waals surface area (Å²) in [6.07, 6.45) is -4.81. The summed E-state index contributed by atoms with van der Waals surface area (Å²) < 4.78 is 40.2. The van der Waals surface area contributed by atoms with E-state index in [0.717, 1.165) is 18.2 Å². The van der Waals surface area contributed by atoms with Crippen LogP contribution in [-0.4, -0.2) is 16.3 Å². The number of nitro groups is 1. The molecule has 0 aliphatic rings. The molecule has 0 saturated carbocycles. The number of hydrogen-bond donors (Lipinski definition) is 1. The number of rotatable bonds is 3. The number of aromatic nitrogens is 1. The van der Waals surface area contributed by atoms with Crippen LogP contribution in [0.1, 0.15) is 0 Å². The summed E-state index contributed by atoms with van der Waals surface area (Å²) in [6, 6.07) is 7.50. The predicted molar refractivity (Wildman–Crippen MR) is 67.4 cm³/mol. The standard InChI is InChI=1S/C12H8F3N3O3/c13-12(14,15)21-8-3-1-2-7(6-8)9-4-5-10(18(19)20)11(16)17-9/h1-6H,(H2,16,17). The lowest BCUT2D eigenvalue weighted by atomic mass is 10.1. The van der Waals surface area contributed by atoms with Gasteiger partial charge in [0.25, 0.3) is 0 Å². The Morgan fingerprint density at radius 3 is 2.52 bits per heavy atom. The van der Waals surface area contributed by atoms with Crippen LogP contribution in [0, 0.1) is 10.1 Å². The number of nitrogen functional groups attached to an aromatic ring is 1. The van der Waals surface area contributed by atoms with Crippen molar-refractivity contribution in [3.8, 4) is 17.0 Å². The van der Waals surface area contributed by atoms with Crippen LogP contribution in [0.25, 0.3) is 11.3 Å². The summed E-state index contributed by atoms with van der Waals surface area (Å²) in [5.41, 5.74) is 5.55. The summed E-state index contributed by atoms with van der Waals surface area (Å²) in [6.45, 7) is 0. The van der Waals surface area contributed by atoms with Crippen molar-refractivity contribution < 1.29 is 22.8 Å². The molecule has 0 radical (unpaired) electrons. The topological polar surface area (TPSA) is 91.3 Å². The van der Waals surface area contributed by atoms with Crippen molar-refractivity contribution in [1.29, 1.82) is 0 Å². The molecule has 0 saturated heterocycles. The fraction of sp³-hybridized carbons (Fsp3) is 0.0833. The molecule has 2 aromatic rings. The molecule has 0 aliphatic carbocycles. The van der Waals surface area contributed by atoms with E-state index in [1.54, 1.807) is 0 Å². The molecule has 6 nitrogen and oxygen atoms in total. The molecule has 9 heteroatoms. The maximum absolute atomic E-state index is 12.1. The van der Waals surface area contributed by atoms with Crippen molar-refractivity contribution in [2.24, 2.45) is 0 Å². The van der Waals surface area contributed by atoms with E-state index >= 15 is 0 Å². The Labute approximate surface area is 116 Å². The van der Waals surface area contributed by atoms with E-state index in [4.69, 9.17) is 5.73 Å². The molecular weight excluding hydrogens is 291 g/mol. The van der Waals surface area contributed by atoms with E-state index in [-0.39, 0.29) is 17.2 Å². The van der Waals surface area contributed by atoms with Gasteiger partial charge in [-0.3, -0.25) is 10.1 Å². The second-order valence-electron chi connectivity index (χ2n) is 3.93. The molecule has 2 rings (SSSR count). The van der Waals surface area contributed by atoms with E-state index in [9.17, 15) is 23.3 Å². The van der Waals surface area contributed by atoms with Crippen LogP contribution in [0.15, 0.2) is 36.4 Å². The molecule has 0 bridgehead atoms. The van der Waals surface area contributed by atoms with Gasteiger partial charge in [-0.05, 0) is 18.2 Å². The van der Waals surface area contributed by atoms with Crippen LogP contribution in [0.3, 0.4) is 0 Å². The van der Waals surface area contributed by atoms with Gasteiger partial charge in [0.2, 0.25) is 5.82 Å². The van der Waals surface area contributed by atoms with Gasteiger partial charge in [0.1, 0.15) is 5.75 Å². The molecule has 0 amide bonds. The highest BCUT2D eigenvalue weighted by Crippen LogP contribution is 2.29. The average Bonchev–Trinajstić information content (AvgIpc) is 2.36. The first-order chi connectivity index (χ1) is 9.76. The third-order valence-corrected chi connectivity index (χ3v) is 2.46. The number of halogens is 3. The van der Waals surface area contributed by atoms with Gasteiger partial charge in [-0.15, -0.1) is 13.2 Å². The van der Waals surface area contributed by atoms with E-state index < -0.39 is 17.0 Å². The minimum absolute atomic E-state index is 0.200. The Balaban J connectivity index is 2.36. The third-order valence-electron chi connectivity index (χ3n) is 2.46. The Bertz CT molecular complexity index is 689. The molecule has 1 heterocycles. The van der Waals surface area contributed by atoms with Gasteiger partial charge in [-0.25, -0.2) is 4.98 Å². The molecule has 0 aliphatic heterocycles. The Morgan fingerprint density at radius 2 is 1.95 bits per heavy atom. The average molecular weight is 299 g/mol. The summed E-state index contributed by atoms with van der Waals surface area (Å²) in [5, 5.41) is 10.6. The number of nitrogens with two attached hydrogens (primary N) is 1. The van der Waals surface area contributed by atoms with Gasteiger partial charge in [0.15, 0.2) is 0 Å². The highest BCUT2D eigenvalue weighted by Gasteiger charge is 2.31. The quantitative estimate of drug-likeness (QED) is 0.694. The van der Waals surface area contributed by atoms with E-state index in [0.29, 0.717) is 5.56 Å². The van der Waals surface area contributed by atoms with Crippen molar-refractivity contribution >= 4 is 11.5 Å².